The Morgan fingerprint density at radius 2 is 0.551 bits per heavy atom. The number of benzene rings is 14. The summed E-state index contributed by atoms with van der Waals surface area (Å²) in [7, 11) is 0. The van der Waals surface area contributed by atoms with E-state index in [4.69, 9.17) is 0 Å². The van der Waals surface area contributed by atoms with Crippen molar-refractivity contribution in [3.63, 3.8) is 0 Å². The minimum Gasteiger partial charge on any atom is -0.192 e. The number of hydrogen-bond acceptors (Lipinski definition) is 2. The van der Waals surface area contributed by atoms with Crippen molar-refractivity contribution in [1.82, 2.24) is 0 Å². The van der Waals surface area contributed by atoms with Crippen LogP contribution in [0.5, 0.6) is 0 Å². The van der Waals surface area contributed by atoms with Crippen molar-refractivity contribution in [2.24, 2.45) is 0 Å². The molecule has 14 aromatic rings. The third kappa shape index (κ3) is 7.64. The summed E-state index contributed by atoms with van der Waals surface area (Å²) in [5, 5.41) is 37.4. The topological polar surface area (TPSA) is 47.6 Å². The average molecular weight is 989 g/mol. The van der Waals surface area contributed by atoms with Crippen molar-refractivity contribution in [2.75, 3.05) is 0 Å². The molecule has 0 aliphatic heterocycles. The van der Waals surface area contributed by atoms with Crippen molar-refractivity contribution in [2.45, 2.75) is 27.7 Å². The van der Waals surface area contributed by atoms with E-state index >= 15 is 0 Å². The van der Waals surface area contributed by atoms with Crippen molar-refractivity contribution in [3.05, 3.63) is 264 Å². The number of aryl methyl sites for hydroxylation is 4. The van der Waals surface area contributed by atoms with E-state index in [9.17, 15) is 10.5 Å². The van der Waals surface area contributed by atoms with Crippen LogP contribution in [0.2, 0.25) is 0 Å². The standard InChI is InChI=1S/C74H50B2N2/c1-45-33-49(43-77)34-46(2)71(45)67-41-69(75(59-25-21-51-13-5-9-17-55(51)37-59)60-26-22-52-14-6-10-18-56(52)38-60)65-32-30-64-68(72-47(3)35-50(44-78)36-48(72)4)42-70(66-31-29-63(67)73(65)74(64)66)76(61-27-23-53-15-7-11-19-57(53)39-61)62-28-24-54-16-8-12-20-58(54)40-62/h5-42H,1-4H3. The molecule has 0 heterocycles. The van der Waals surface area contributed by atoms with Crippen LogP contribution < -0.4 is 32.8 Å². The molecule has 0 N–H and O–H groups in total. The summed E-state index contributed by atoms with van der Waals surface area (Å²) in [6.45, 7) is 8.33. The molecular formula is C74H50B2N2. The molecule has 4 heteroatoms. The second kappa shape index (κ2) is 18.5. The summed E-state index contributed by atoms with van der Waals surface area (Å²) in [6.07, 6.45) is 0. The van der Waals surface area contributed by atoms with Crippen LogP contribution in [-0.4, -0.2) is 13.4 Å². The third-order valence-electron chi connectivity index (χ3n) is 16.9. The molecule has 0 aliphatic carbocycles. The van der Waals surface area contributed by atoms with Crippen LogP contribution in [-0.2, 0) is 0 Å². The fraction of sp³-hybridized carbons (Fsp3) is 0.0541. The maximum Gasteiger partial charge on any atom is 0.242 e. The van der Waals surface area contributed by atoms with Crippen LogP contribution >= 0.6 is 0 Å². The number of fused-ring (bicyclic) bond motifs is 4. The van der Waals surface area contributed by atoms with Crippen LogP contribution in [0.3, 0.4) is 0 Å². The molecule has 0 amide bonds. The van der Waals surface area contributed by atoms with Gasteiger partial charge in [-0.3, -0.25) is 0 Å². The molecule has 0 saturated carbocycles. The Bertz CT molecular complexity index is 4390. The van der Waals surface area contributed by atoms with Gasteiger partial charge in [-0.05, 0) is 172 Å². The van der Waals surface area contributed by atoms with Gasteiger partial charge in [0.25, 0.3) is 0 Å². The highest BCUT2D eigenvalue weighted by Gasteiger charge is 2.32. The van der Waals surface area contributed by atoms with Gasteiger partial charge in [-0.1, -0.05) is 239 Å². The van der Waals surface area contributed by atoms with E-state index in [1.807, 2.05) is 0 Å². The monoisotopic (exact) mass is 988 g/mol. The molecule has 14 rings (SSSR count). The van der Waals surface area contributed by atoms with Crippen LogP contribution in [0.25, 0.3) is 97.7 Å². The zero-order valence-electron chi connectivity index (χ0n) is 44.0. The predicted molar refractivity (Wildman–Crippen MR) is 335 cm³/mol. The van der Waals surface area contributed by atoms with Gasteiger partial charge in [0.1, 0.15) is 0 Å². The molecule has 0 saturated heterocycles. The summed E-state index contributed by atoms with van der Waals surface area (Å²) in [5.74, 6) is 0. The number of nitriles is 2. The van der Waals surface area contributed by atoms with Crippen molar-refractivity contribution in [3.8, 4) is 34.4 Å². The first-order valence-electron chi connectivity index (χ1n) is 27.0. The zero-order valence-corrected chi connectivity index (χ0v) is 44.0. The van der Waals surface area contributed by atoms with Gasteiger partial charge in [0, 0.05) is 0 Å². The first-order valence-corrected chi connectivity index (χ1v) is 27.0. The highest BCUT2D eigenvalue weighted by Crippen LogP contribution is 2.44. The molecule has 0 bridgehead atoms. The van der Waals surface area contributed by atoms with E-state index in [1.165, 1.54) is 108 Å². The minimum absolute atomic E-state index is 0.161. The summed E-state index contributed by atoms with van der Waals surface area (Å²) < 4.78 is 0. The van der Waals surface area contributed by atoms with Crippen molar-refractivity contribution < 1.29 is 0 Å². The van der Waals surface area contributed by atoms with Crippen LogP contribution in [0.1, 0.15) is 33.4 Å². The van der Waals surface area contributed by atoms with Gasteiger partial charge >= 0.3 is 0 Å². The van der Waals surface area contributed by atoms with Gasteiger partial charge in [0.2, 0.25) is 13.4 Å². The highest BCUT2D eigenvalue weighted by molar-refractivity contribution is 6.98. The zero-order chi connectivity index (χ0) is 52.8. The molecule has 0 fully saturated rings. The SMILES string of the molecule is Cc1cc(C#N)cc(C)c1-c1cc(B(c2ccc3ccccc3c2)c2ccc3ccccc3c2)c2ccc3c(-c4c(C)cc(C#N)cc4C)cc(B(c4ccc5ccccc5c4)c4ccc5ccccc5c4)c4ccc1c2c43. The molecule has 78 heavy (non-hydrogen) atoms. The summed E-state index contributed by atoms with van der Waals surface area (Å²) in [5.41, 5.74) is 17.5. The Labute approximate surface area is 455 Å². The summed E-state index contributed by atoms with van der Waals surface area (Å²) in [4.78, 5) is 0. The molecule has 0 atom stereocenters. The molecular weight excluding hydrogens is 938 g/mol. The Balaban J connectivity index is 1.17. The second-order valence-electron chi connectivity index (χ2n) is 21.6. The lowest BCUT2D eigenvalue weighted by atomic mass is 9.35. The van der Waals surface area contributed by atoms with Gasteiger partial charge in [-0.2, -0.15) is 10.5 Å². The van der Waals surface area contributed by atoms with E-state index in [0.29, 0.717) is 11.1 Å². The molecule has 0 aliphatic rings. The van der Waals surface area contributed by atoms with Gasteiger partial charge < -0.3 is 0 Å². The first-order chi connectivity index (χ1) is 38.2. The number of nitrogens with zero attached hydrogens (tertiary/aromatic N) is 2. The van der Waals surface area contributed by atoms with E-state index in [1.54, 1.807) is 0 Å². The normalized spacial score (nSPS) is 11.6. The second-order valence-corrected chi connectivity index (χ2v) is 21.6. The fourth-order valence-corrected chi connectivity index (χ4v) is 13.5. The molecule has 0 unspecified atom stereocenters. The van der Waals surface area contributed by atoms with E-state index in [-0.39, 0.29) is 13.4 Å². The maximum absolute atomic E-state index is 10.3. The van der Waals surface area contributed by atoms with Crippen molar-refractivity contribution in [1.29, 1.82) is 10.5 Å². The van der Waals surface area contributed by atoms with Crippen molar-refractivity contribution >= 4 is 122 Å². The smallest absolute Gasteiger partial charge is 0.192 e. The summed E-state index contributed by atoms with van der Waals surface area (Å²) in [6, 6.07) is 90.5. The molecule has 0 radical (unpaired) electrons. The van der Waals surface area contributed by atoms with Gasteiger partial charge in [0.05, 0.1) is 23.3 Å². The van der Waals surface area contributed by atoms with Crippen LogP contribution in [0, 0.1) is 50.4 Å². The predicted octanol–water partition coefficient (Wildman–Crippen LogP) is 14.5. The van der Waals surface area contributed by atoms with E-state index in [0.717, 1.165) is 44.5 Å². The third-order valence-corrected chi connectivity index (χ3v) is 16.9. The Kier molecular flexibility index (Phi) is 11.1. The highest BCUT2D eigenvalue weighted by atomic mass is 14.3. The largest absolute Gasteiger partial charge is 0.242 e. The molecule has 14 aromatic carbocycles. The molecule has 0 spiro atoms. The van der Waals surface area contributed by atoms with E-state index in [2.05, 4.69) is 270 Å². The first kappa shape index (κ1) is 46.8. The van der Waals surface area contributed by atoms with E-state index < -0.39 is 0 Å². The molecule has 2 nitrogen and oxygen atoms in total. The molecule has 362 valence electrons. The number of rotatable bonds is 8. The molecule has 0 aromatic heterocycles. The van der Waals surface area contributed by atoms with Crippen LogP contribution in [0.15, 0.2) is 231 Å². The Morgan fingerprint density at radius 1 is 0.282 bits per heavy atom. The lowest BCUT2D eigenvalue weighted by molar-refractivity contribution is 1.35. The van der Waals surface area contributed by atoms with Crippen LogP contribution in [0.4, 0.5) is 0 Å². The lowest BCUT2D eigenvalue weighted by Crippen LogP contribution is -2.52. The van der Waals surface area contributed by atoms with Gasteiger partial charge in [-0.15, -0.1) is 0 Å². The average Bonchev–Trinajstić information content (AvgIpc) is 3.60. The quantitative estimate of drug-likeness (QED) is 0.112. The Morgan fingerprint density at radius 3 is 0.833 bits per heavy atom. The minimum atomic E-state index is -0.161. The number of hydrogen-bond donors (Lipinski definition) is 0. The summed E-state index contributed by atoms with van der Waals surface area (Å²) >= 11 is 0. The lowest BCUT2D eigenvalue weighted by Gasteiger charge is -2.27. The fourth-order valence-electron chi connectivity index (χ4n) is 13.5. The Hall–Kier alpha value is -9.73. The van der Waals surface area contributed by atoms with Gasteiger partial charge in [-0.25, -0.2) is 0 Å². The van der Waals surface area contributed by atoms with Gasteiger partial charge in [0.15, 0.2) is 0 Å². The maximum atomic E-state index is 10.3.